The Morgan fingerprint density at radius 3 is 1.04 bits per heavy atom. The van der Waals surface area contributed by atoms with E-state index in [-0.39, 0.29) is 0 Å². The number of rotatable bonds is 2. The number of anilines is 8. The summed E-state index contributed by atoms with van der Waals surface area (Å²) < 4.78 is 60.4. The van der Waals surface area contributed by atoms with Gasteiger partial charge in [0.1, 0.15) is 23.3 Å². The van der Waals surface area contributed by atoms with Crippen LogP contribution >= 0.6 is 0 Å². The van der Waals surface area contributed by atoms with Crippen LogP contribution in [0.2, 0.25) is 0 Å². The number of para-hydroxylation sites is 2. The Balaban J connectivity index is 1.24. The minimum absolute atomic E-state index is 0.364. The highest BCUT2D eigenvalue weighted by atomic mass is 19.1. The molecule has 0 radical (unpaired) electrons. The van der Waals surface area contributed by atoms with Crippen LogP contribution in [0.15, 0.2) is 146 Å². The van der Waals surface area contributed by atoms with Crippen molar-refractivity contribution in [1.82, 2.24) is 0 Å². The third kappa shape index (κ3) is 3.94. The number of benzene rings is 7. The van der Waals surface area contributed by atoms with E-state index >= 15 is 17.6 Å². The molecule has 7 aromatic carbocycles. The van der Waals surface area contributed by atoms with Gasteiger partial charge in [-0.1, -0.05) is 84.9 Å². The molecule has 10 heteroatoms. The molecular formula is C42H24B2F4N4. The lowest BCUT2D eigenvalue weighted by atomic mass is 9.59. The highest BCUT2D eigenvalue weighted by molar-refractivity contribution is 6.88. The van der Waals surface area contributed by atoms with Crippen LogP contribution in [-0.2, 0) is 0 Å². The largest absolute Gasteiger partial charge is 0.421 e. The molecule has 0 aromatic heterocycles. The molecule has 4 nitrogen and oxygen atoms in total. The van der Waals surface area contributed by atoms with Crippen LogP contribution in [0.1, 0.15) is 0 Å². The summed E-state index contributed by atoms with van der Waals surface area (Å²) in [4.78, 5) is 8.42. The van der Waals surface area contributed by atoms with Gasteiger partial charge >= 0.3 is 14.0 Å². The zero-order chi connectivity index (χ0) is 34.8. The summed E-state index contributed by atoms with van der Waals surface area (Å²) >= 11 is 0. The van der Waals surface area contributed by atoms with Gasteiger partial charge in [-0.05, 0) is 70.6 Å². The smallest absolute Gasteiger partial charge is 0.360 e. The van der Waals surface area contributed by atoms with Crippen LogP contribution < -0.4 is 30.2 Å². The third-order valence-corrected chi connectivity index (χ3v) is 10.7. The van der Waals surface area contributed by atoms with Gasteiger partial charge in [0.15, 0.2) is 0 Å². The Labute approximate surface area is 297 Å². The van der Waals surface area contributed by atoms with E-state index in [9.17, 15) is 0 Å². The average molecular weight is 682 g/mol. The number of fused-ring (bicyclic) bond motifs is 16. The lowest BCUT2D eigenvalue weighted by molar-refractivity contribution is 0.583. The lowest BCUT2D eigenvalue weighted by Gasteiger charge is -2.37. The molecular weight excluding hydrogens is 658 g/mol. The van der Waals surface area contributed by atoms with Gasteiger partial charge in [-0.25, -0.2) is 17.6 Å². The Morgan fingerprint density at radius 1 is 0.308 bits per heavy atom. The minimum atomic E-state index is -0.679. The second-order valence-electron chi connectivity index (χ2n) is 13.5. The number of nitrogens with zero attached hydrogens (tertiary/aromatic N) is 4. The molecule has 7 aromatic rings. The molecule has 0 spiro atoms. The molecule has 11 rings (SSSR count). The zero-order valence-electron chi connectivity index (χ0n) is 27.3. The summed E-state index contributed by atoms with van der Waals surface area (Å²) in [5.74, 6) is -2.72. The lowest BCUT2D eigenvalue weighted by Crippen LogP contribution is -2.56. The molecule has 0 bridgehead atoms. The quantitative estimate of drug-likeness (QED) is 0.133. The van der Waals surface area contributed by atoms with Gasteiger partial charge in [-0.2, -0.15) is 0 Å². The Hall–Kier alpha value is -6.41. The van der Waals surface area contributed by atoms with Gasteiger partial charge in [0.05, 0.1) is 22.7 Å². The maximum absolute atomic E-state index is 15.1. The van der Waals surface area contributed by atoms with Gasteiger partial charge in [-0.15, -0.1) is 0 Å². The van der Waals surface area contributed by atoms with Crippen LogP contribution in [-0.4, -0.2) is 14.0 Å². The molecule has 4 aliphatic heterocycles. The summed E-state index contributed by atoms with van der Waals surface area (Å²) in [5.41, 5.74) is 11.7. The van der Waals surface area contributed by atoms with Crippen molar-refractivity contribution in [3.63, 3.8) is 0 Å². The van der Waals surface area contributed by atoms with E-state index in [1.807, 2.05) is 58.2 Å². The van der Waals surface area contributed by atoms with Gasteiger partial charge in [0.2, 0.25) is 0 Å². The maximum atomic E-state index is 15.1. The Morgan fingerprint density at radius 2 is 0.635 bits per heavy atom. The van der Waals surface area contributed by atoms with Gasteiger partial charge < -0.3 is 19.2 Å². The minimum Gasteiger partial charge on any atom is -0.360 e. The third-order valence-electron chi connectivity index (χ3n) is 10.7. The van der Waals surface area contributed by atoms with Gasteiger partial charge in [0.25, 0.3) is 0 Å². The summed E-state index contributed by atoms with van der Waals surface area (Å²) in [6.07, 6.45) is 0. The molecule has 0 amide bonds. The molecule has 0 N–H and O–H groups in total. The molecule has 0 unspecified atom stereocenters. The number of hydrogen-bond donors (Lipinski definition) is 0. The van der Waals surface area contributed by atoms with Crippen molar-refractivity contribution in [2.75, 3.05) is 19.2 Å². The number of halogens is 4. The Bertz CT molecular complexity index is 2450. The van der Waals surface area contributed by atoms with Crippen molar-refractivity contribution in [3.05, 3.63) is 169 Å². The first kappa shape index (κ1) is 29.3. The topological polar surface area (TPSA) is 13.0 Å². The van der Waals surface area contributed by atoms with E-state index < -0.39 is 37.2 Å². The van der Waals surface area contributed by atoms with Crippen LogP contribution in [0, 0.1) is 23.3 Å². The monoisotopic (exact) mass is 682 g/mol. The van der Waals surface area contributed by atoms with Crippen molar-refractivity contribution >= 4 is 70.4 Å². The average Bonchev–Trinajstić information content (AvgIpc) is 3.67. The fourth-order valence-electron chi connectivity index (χ4n) is 8.84. The van der Waals surface area contributed by atoms with E-state index in [2.05, 4.69) is 70.3 Å². The highest BCUT2D eigenvalue weighted by Gasteiger charge is 2.52. The first-order valence-electron chi connectivity index (χ1n) is 17.1. The molecule has 52 heavy (non-hydrogen) atoms. The molecule has 0 atom stereocenters. The van der Waals surface area contributed by atoms with Crippen molar-refractivity contribution in [2.24, 2.45) is 0 Å². The zero-order valence-corrected chi connectivity index (χ0v) is 27.3. The van der Waals surface area contributed by atoms with E-state index in [4.69, 9.17) is 0 Å². The number of hydrogen-bond acceptors (Lipinski definition) is 4. The highest BCUT2D eigenvalue weighted by Crippen LogP contribution is 2.58. The fourth-order valence-corrected chi connectivity index (χ4v) is 8.84. The van der Waals surface area contributed by atoms with E-state index in [1.165, 1.54) is 24.3 Å². The standard InChI is InChI=1S/C42H24B2F4N4/c45-25-17-26(46)20-29(19-25)49-39-23-42-40(24-41(39)51-37-15-7-3-11-33(37)31-9-1-5-13-35(31)43(49)51)50(30-21-27(47)18-28(48)22-30)44-36-14-6-2-10-32(36)34-12-4-8-16-38(34)52(42)44/h1-24H. The molecule has 4 heterocycles. The second-order valence-corrected chi connectivity index (χ2v) is 13.5. The fraction of sp³-hybridized carbons (Fsp3) is 0. The van der Waals surface area contributed by atoms with Gasteiger partial charge in [-0.3, -0.25) is 0 Å². The first-order valence-corrected chi connectivity index (χ1v) is 17.1. The predicted octanol–water partition coefficient (Wildman–Crippen LogP) is 9.57. The molecule has 0 fully saturated rings. The molecule has 4 aliphatic rings. The van der Waals surface area contributed by atoms with E-state index in [0.717, 1.165) is 79.4 Å². The molecule has 0 saturated carbocycles. The summed E-state index contributed by atoms with van der Waals surface area (Å²) in [5, 5.41) is 0. The molecule has 246 valence electrons. The van der Waals surface area contributed by atoms with Crippen molar-refractivity contribution < 1.29 is 17.6 Å². The summed E-state index contributed by atoms with van der Waals surface area (Å²) in [6, 6.07) is 43.8. The van der Waals surface area contributed by atoms with Crippen LogP contribution in [0.25, 0.3) is 22.3 Å². The second kappa shape index (κ2) is 10.6. The molecule has 0 saturated heterocycles. The van der Waals surface area contributed by atoms with Crippen LogP contribution in [0.3, 0.4) is 0 Å². The van der Waals surface area contributed by atoms with Gasteiger partial charge in [0, 0.05) is 46.0 Å². The predicted molar refractivity (Wildman–Crippen MR) is 202 cm³/mol. The first-order chi connectivity index (χ1) is 25.4. The van der Waals surface area contributed by atoms with E-state index in [1.54, 1.807) is 0 Å². The molecule has 0 aliphatic carbocycles. The van der Waals surface area contributed by atoms with Crippen molar-refractivity contribution in [3.8, 4) is 22.3 Å². The van der Waals surface area contributed by atoms with Crippen molar-refractivity contribution in [1.29, 1.82) is 0 Å². The SMILES string of the molecule is Fc1cc(F)cc(N2B3c4ccccc4-c4ccccc4N3c3cc4c(cc32)N2B(c3ccccc3-c3ccccc32)N4c2cc(F)cc(F)c2)c1. The van der Waals surface area contributed by atoms with E-state index in [0.29, 0.717) is 11.4 Å². The Kier molecular flexibility index (Phi) is 5.95. The normalized spacial score (nSPS) is 14.3. The van der Waals surface area contributed by atoms with Crippen LogP contribution in [0.4, 0.5) is 63.1 Å². The summed E-state index contributed by atoms with van der Waals surface area (Å²) in [6.45, 7) is -0.981. The maximum Gasteiger partial charge on any atom is 0.421 e. The van der Waals surface area contributed by atoms with Crippen LogP contribution in [0.5, 0.6) is 0 Å². The summed E-state index contributed by atoms with van der Waals surface area (Å²) in [7, 11) is 0. The van der Waals surface area contributed by atoms with Crippen molar-refractivity contribution in [2.45, 2.75) is 0 Å².